The average molecular weight is 373 g/mol. The molecule has 1 aliphatic rings. The van der Waals surface area contributed by atoms with E-state index in [4.69, 9.17) is 4.74 Å². The molecule has 1 saturated heterocycles. The zero-order valence-electron chi connectivity index (χ0n) is 16.1. The van der Waals surface area contributed by atoms with Crippen LogP contribution in [0.1, 0.15) is 51.8 Å². The van der Waals surface area contributed by atoms with Crippen molar-refractivity contribution < 1.29 is 14.3 Å². The Morgan fingerprint density at radius 2 is 2.11 bits per heavy atom. The highest BCUT2D eigenvalue weighted by Gasteiger charge is 2.27. The van der Waals surface area contributed by atoms with Crippen LogP contribution in [0.3, 0.4) is 0 Å². The minimum Gasteiger partial charge on any atom is -0.444 e. The summed E-state index contributed by atoms with van der Waals surface area (Å²) in [4.78, 5) is 26.1. The molecule has 146 valence electrons. The van der Waals surface area contributed by atoms with Crippen LogP contribution in [-0.2, 0) is 9.53 Å². The van der Waals surface area contributed by atoms with Crippen molar-refractivity contribution >= 4 is 17.6 Å². The Kier molecular flexibility index (Phi) is 5.62. The van der Waals surface area contributed by atoms with Gasteiger partial charge in [-0.15, -0.1) is 10.2 Å². The van der Waals surface area contributed by atoms with Gasteiger partial charge < -0.3 is 15.0 Å². The van der Waals surface area contributed by atoms with Gasteiger partial charge >= 0.3 is 6.09 Å². The number of amides is 2. The molecular weight excluding hydrogens is 346 g/mol. The first-order chi connectivity index (χ1) is 12.8. The van der Waals surface area contributed by atoms with E-state index < -0.39 is 11.7 Å². The van der Waals surface area contributed by atoms with Gasteiger partial charge in [0, 0.05) is 38.2 Å². The summed E-state index contributed by atoms with van der Waals surface area (Å²) in [6.07, 6.45) is 3.62. The standard InChI is InChI=1S/C19H27N5O3/c1-19(2,3)27-18(26)20-10-9-16(25)23-11-6-7-14(13-23)17-22-21-15-8-4-5-12-24(15)17/h4-5,8,12,14H,6-7,9-11,13H2,1-3H3,(H,20,26). The molecule has 0 bridgehead atoms. The number of aromatic nitrogens is 3. The molecular formula is C19H27N5O3. The second-order valence-corrected chi connectivity index (χ2v) is 7.84. The number of piperidine rings is 1. The number of hydrogen-bond acceptors (Lipinski definition) is 5. The highest BCUT2D eigenvalue weighted by molar-refractivity contribution is 5.77. The van der Waals surface area contributed by atoms with E-state index >= 15 is 0 Å². The Balaban J connectivity index is 1.53. The van der Waals surface area contributed by atoms with Crippen molar-refractivity contribution in [3.8, 4) is 0 Å². The fourth-order valence-corrected chi connectivity index (χ4v) is 3.30. The smallest absolute Gasteiger partial charge is 0.407 e. The number of pyridine rings is 1. The van der Waals surface area contributed by atoms with Gasteiger partial charge in [0.15, 0.2) is 5.65 Å². The molecule has 0 radical (unpaired) electrons. The minimum absolute atomic E-state index is 0.0320. The molecule has 1 aliphatic heterocycles. The lowest BCUT2D eigenvalue weighted by Gasteiger charge is -2.32. The Hall–Kier alpha value is -2.64. The van der Waals surface area contributed by atoms with Crippen molar-refractivity contribution in [1.29, 1.82) is 0 Å². The van der Waals surface area contributed by atoms with Gasteiger partial charge in [-0.1, -0.05) is 6.07 Å². The number of alkyl carbamates (subject to hydrolysis) is 1. The maximum absolute atomic E-state index is 12.5. The monoisotopic (exact) mass is 373 g/mol. The first-order valence-electron chi connectivity index (χ1n) is 9.38. The average Bonchev–Trinajstić information content (AvgIpc) is 3.04. The van der Waals surface area contributed by atoms with Gasteiger partial charge in [-0.05, 0) is 45.7 Å². The number of hydrogen-bond donors (Lipinski definition) is 1. The predicted molar refractivity (Wildman–Crippen MR) is 100 cm³/mol. The first-order valence-corrected chi connectivity index (χ1v) is 9.38. The molecule has 8 heteroatoms. The minimum atomic E-state index is -0.546. The molecule has 1 N–H and O–H groups in total. The number of fused-ring (bicyclic) bond motifs is 1. The van der Waals surface area contributed by atoms with E-state index in [9.17, 15) is 9.59 Å². The summed E-state index contributed by atoms with van der Waals surface area (Å²) < 4.78 is 7.17. The second-order valence-electron chi connectivity index (χ2n) is 7.84. The molecule has 1 fully saturated rings. The van der Waals surface area contributed by atoms with E-state index in [-0.39, 0.29) is 24.8 Å². The number of carbonyl (C=O) groups is 2. The van der Waals surface area contributed by atoms with Gasteiger partial charge in [0.1, 0.15) is 11.4 Å². The van der Waals surface area contributed by atoms with Gasteiger partial charge in [-0.25, -0.2) is 4.79 Å². The zero-order valence-corrected chi connectivity index (χ0v) is 16.1. The van der Waals surface area contributed by atoms with Crippen LogP contribution in [-0.4, -0.2) is 56.7 Å². The Labute approximate surface area is 158 Å². The lowest BCUT2D eigenvalue weighted by Crippen LogP contribution is -2.41. The summed E-state index contributed by atoms with van der Waals surface area (Å²) in [5.41, 5.74) is 0.271. The lowest BCUT2D eigenvalue weighted by atomic mass is 9.97. The fourth-order valence-electron chi connectivity index (χ4n) is 3.30. The van der Waals surface area contributed by atoms with Crippen LogP contribution < -0.4 is 5.32 Å². The highest BCUT2D eigenvalue weighted by atomic mass is 16.6. The fraction of sp³-hybridized carbons (Fsp3) is 0.579. The van der Waals surface area contributed by atoms with E-state index in [0.717, 1.165) is 30.9 Å². The normalized spacial score (nSPS) is 17.7. The van der Waals surface area contributed by atoms with Crippen molar-refractivity contribution in [3.63, 3.8) is 0 Å². The molecule has 2 amide bonds. The molecule has 0 spiro atoms. The van der Waals surface area contributed by atoms with Crippen LogP contribution in [0.5, 0.6) is 0 Å². The van der Waals surface area contributed by atoms with Crippen LogP contribution in [0.4, 0.5) is 4.79 Å². The van der Waals surface area contributed by atoms with Crippen molar-refractivity contribution in [1.82, 2.24) is 24.8 Å². The van der Waals surface area contributed by atoms with E-state index in [1.54, 1.807) is 20.8 Å². The van der Waals surface area contributed by atoms with Crippen LogP contribution in [0.2, 0.25) is 0 Å². The summed E-state index contributed by atoms with van der Waals surface area (Å²) in [6, 6.07) is 5.81. The quantitative estimate of drug-likeness (QED) is 0.889. The Bertz CT molecular complexity index is 811. The van der Waals surface area contributed by atoms with Crippen molar-refractivity contribution in [2.75, 3.05) is 19.6 Å². The molecule has 2 aromatic rings. The van der Waals surface area contributed by atoms with Gasteiger partial charge in [-0.3, -0.25) is 9.20 Å². The maximum Gasteiger partial charge on any atom is 0.407 e. The molecule has 0 aliphatic carbocycles. The van der Waals surface area contributed by atoms with Crippen molar-refractivity contribution in [2.45, 2.75) is 51.6 Å². The summed E-state index contributed by atoms with van der Waals surface area (Å²) in [5.74, 6) is 1.10. The maximum atomic E-state index is 12.5. The molecule has 1 atom stereocenters. The highest BCUT2D eigenvalue weighted by Crippen LogP contribution is 2.26. The molecule has 1 unspecified atom stereocenters. The number of carbonyl (C=O) groups excluding carboxylic acids is 2. The lowest BCUT2D eigenvalue weighted by molar-refractivity contribution is -0.132. The van der Waals surface area contributed by atoms with Gasteiger partial charge in [0.2, 0.25) is 5.91 Å². The van der Waals surface area contributed by atoms with Crippen LogP contribution in [0.15, 0.2) is 24.4 Å². The molecule has 3 rings (SSSR count). The SMILES string of the molecule is CC(C)(C)OC(=O)NCCC(=O)N1CCCC(c2nnc3ccccn23)C1. The Morgan fingerprint density at radius 1 is 1.30 bits per heavy atom. The third-order valence-electron chi connectivity index (χ3n) is 4.49. The van der Waals surface area contributed by atoms with E-state index in [2.05, 4.69) is 15.5 Å². The summed E-state index contributed by atoms with van der Waals surface area (Å²) >= 11 is 0. The van der Waals surface area contributed by atoms with E-state index in [0.29, 0.717) is 6.54 Å². The van der Waals surface area contributed by atoms with E-state index in [1.165, 1.54) is 0 Å². The third-order valence-corrected chi connectivity index (χ3v) is 4.49. The summed E-state index contributed by atoms with van der Waals surface area (Å²) in [6.45, 7) is 7.04. The van der Waals surface area contributed by atoms with E-state index in [1.807, 2.05) is 33.7 Å². The Morgan fingerprint density at radius 3 is 2.89 bits per heavy atom. The number of nitrogens with zero attached hydrogens (tertiary/aromatic N) is 4. The summed E-state index contributed by atoms with van der Waals surface area (Å²) in [5, 5.41) is 11.2. The van der Waals surface area contributed by atoms with Crippen LogP contribution in [0, 0.1) is 0 Å². The number of ether oxygens (including phenoxy) is 1. The number of rotatable bonds is 4. The second kappa shape index (κ2) is 7.94. The molecule has 3 heterocycles. The predicted octanol–water partition coefficient (Wildman–Crippen LogP) is 2.35. The molecule has 2 aromatic heterocycles. The van der Waals surface area contributed by atoms with Gasteiger partial charge in [0.25, 0.3) is 0 Å². The number of nitrogens with one attached hydrogen (secondary N) is 1. The topological polar surface area (TPSA) is 88.8 Å². The summed E-state index contributed by atoms with van der Waals surface area (Å²) in [7, 11) is 0. The third kappa shape index (κ3) is 4.96. The van der Waals surface area contributed by atoms with Gasteiger partial charge in [-0.2, -0.15) is 0 Å². The molecule has 27 heavy (non-hydrogen) atoms. The van der Waals surface area contributed by atoms with Crippen molar-refractivity contribution in [3.05, 3.63) is 30.2 Å². The van der Waals surface area contributed by atoms with Gasteiger partial charge in [0.05, 0.1) is 0 Å². The molecule has 0 saturated carbocycles. The van der Waals surface area contributed by atoms with Crippen LogP contribution >= 0.6 is 0 Å². The molecule has 8 nitrogen and oxygen atoms in total. The zero-order chi connectivity index (χ0) is 19.4. The van der Waals surface area contributed by atoms with Crippen LogP contribution in [0.25, 0.3) is 5.65 Å². The number of likely N-dealkylation sites (tertiary alicyclic amines) is 1. The first kappa shape index (κ1) is 19.1. The molecule has 0 aromatic carbocycles. The largest absolute Gasteiger partial charge is 0.444 e. The van der Waals surface area contributed by atoms with Crippen molar-refractivity contribution in [2.24, 2.45) is 0 Å².